The van der Waals surface area contributed by atoms with E-state index in [1.807, 2.05) is 62.4 Å². The minimum atomic E-state index is -1.91. The zero-order chi connectivity index (χ0) is 24.9. The lowest BCUT2D eigenvalue weighted by Crippen LogP contribution is -2.44. The van der Waals surface area contributed by atoms with E-state index in [0.717, 1.165) is 0 Å². The number of rotatable bonds is 8. The number of anilines is 2. The number of ether oxygens (including phenoxy) is 2. The van der Waals surface area contributed by atoms with Gasteiger partial charge in [0.1, 0.15) is 18.2 Å². The summed E-state index contributed by atoms with van der Waals surface area (Å²) >= 11 is 0. The Morgan fingerprint density at radius 1 is 1.06 bits per heavy atom. The molecule has 0 aliphatic rings. The van der Waals surface area contributed by atoms with Crippen molar-refractivity contribution < 1.29 is 18.7 Å². The maximum Gasteiger partial charge on any atom is 0.425 e. The first-order chi connectivity index (χ1) is 16.0. The van der Waals surface area contributed by atoms with Gasteiger partial charge in [-0.25, -0.2) is 9.69 Å². The lowest BCUT2D eigenvalue weighted by molar-refractivity contribution is 0.126. The van der Waals surface area contributed by atoms with Crippen LogP contribution >= 0.6 is 0 Å². The molecule has 1 amide bonds. The molecule has 8 heteroatoms. The number of nitrogens with one attached hydrogen (secondary N) is 1. The molecule has 0 aliphatic carbocycles. The highest BCUT2D eigenvalue weighted by Crippen LogP contribution is 2.37. The van der Waals surface area contributed by atoms with Gasteiger partial charge < -0.3 is 13.9 Å². The first-order valence-electron chi connectivity index (χ1n) is 11.5. The summed E-state index contributed by atoms with van der Waals surface area (Å²) in [5, 5.41) is 7.40. The number of carbonyl (C=O) groups excluding carboxylic acids is 1. The minimum absolute atomic E-state index is 0.0892. The van der Waals surface area contributed by atoms with Gasteiger partial charge in [0.25, 0.3) is 0 Å². The molecule has 0 fully saturated rings. The summed E-state index contributed by atoms with van der Waals surface area (Å²) in [5.74, 6) is 1.37. The zero-order valence-electron chi connectivity index (χ0n) is 21.1. The number of aromatic nitrogens is 2. The number of para-hydroxylation sites is 2. The van der Waals surface area contributed by atoms with Gasteiger partial charge in [0, 0.05) is 0 Å². The quantitative estimate of drug-likeness (QED) is 0.356. The molecular formula is C26H35N3O4Si. The average Bonchev–Trinajstić information content (AvgIpc) is 3.13. The molecule has 3 aromatic rings. The fourth-order valence-electron chi connectivity index (χ4n) is 3.18. The van der Waals surface area contributed by atoms with E-state index in [2.05, 4.69) is 44.1 Å². The largest absolute Gasteiger partial charge is 0.474 e. The van der Waals surface area contributed by atoms with Crippen LogP contribution < -0.4 is 14.4 Å². The molecule has 1 aromatic heterocycles. The van der Waals surface area contributed by atoms with Crippen LogP contribution in [0.15, 0.2) is 60.7 Å². The van der Waals surface area contributed by atoms with Gasteiger partial charge in [-0.05, 0) is 56.2 Å². The highest BCUT2D eigenvalue weighted by molar-refractivity contribution is 6.74. The molecule has 0 spiro atoms. The Morgan fingerprint density at radius 3 is 2.24 bits per heavy atom. The molecule has 182 valence electrons. The van der Waals surface area contributed by atoms with Gasteiger partial charge in [-0.15, -0.1) is 5.10 Å². The monoisotopic (exact) mass is 481 g/mol. The van der Waals surface area contributed by atoms with Gasteiger partial charge >= 0.3 is 6.09 Å². The van der Waals surface area contributed by atoms with Crippen molar-refractivity contribution in [2.75, 3.05) is 11.5 Å². The SMILES string of the molecule is Cc1c(OC[C@H](C)O[Si](C)(C)C(C)(C)C)n[nH]c1N(C(=O)Oc1ccccc1)c1ccccc1. The van der Waals surface area contributed by atoms with Crippen LogP contribution in [0.4, 0.5) is 16.3 Å². The first-order valence-corrected chi connectivity index (χ1v) is 14.4. The van der Waals surface area contributed by atoms with Crippen LogP contribution in [-0.4, -0.2) is 37.3 Å². The fraction of sp³-hybridized carbons (Fsp3) is 0.385. The van der Waals surface area contributed by atoms with Gasteiger partial charge in [-0.2, -0.15) is 0 Å². The zero-order valence-corrected chi connectivity index (χ0v) is 22.1. The predicted octanol–water partition coefficient (Wildman–Crippen LogP) is 6.84. The van der Waals surface area contributed by atoms with Crippen LogP contribution in [0.2, 0.25) is 18.1 Å². The van der Waals surface area contributed by atoms with E-state index in [9.17, 15) is 4.79 Å². The lowest BCUT2D eigenvalue weighted by atomic mass is 10.2. The number of hydrogen-bond donors (Lipinski definition) is 1. The van der Waals surface area contributed by atoms with Crippen molar-refractivity contribution in [1.29, 1.82) is 0 Å². The van der Waals surface area contributed by atoms with Crippen LogP contribution in [0.3, 0.4) is 0 Å². The number of nitrogens with zero attached hydrogens (tertiary/aromatic N) is 2. The van der Waals surface area contributed by atoms with E-state index in [4.69, 9.17) is 13.9 Å². The van der Waals surface area contributed by atoms with Crippen molar-refractivity contribution in [2.45, 2.75) is 58.9 Å². The van der Waals surface area contributed by atoms with Crippen LogP contribution in [0.5, 0.6) is 11.6 Å². The summed E-state index contributed by atoms with van der Waals surface area (Å²) in [6.45, 7) is 15.3. The van der Waals surface area contributed by atoms with Crippen molar-refractivity contribution in [1.82, 2.24) is 10.2 Å². The molecule has 0 unspecified atom stereocenters. The summed E-state index contributed by atoms with van der Waals surface area (Å²) in [6, 6.07) is 18.3. The molecule has 7 nitrogen and oxygen atoms in total. The Morgan fingerprint density at radius 2 is 1.65 bits per heavy atom. The normalized spacial score (nSPS) is 12.8. The van der Waals surface area contributed by atoms with E-state index in [1.165, 1.54) is 4.90 Å². The molecule has 1 atom stereocenters. The van der Waals surface area contributed by atoms with Gasteiger partial charge in [0.05, 0.1) is 17.4 Å². The van der Waals surface area contributed by atoms with Crippen molar-refractivity contribution in [2.24, 2.45) is 0 Å². The van der Waals surface area contributed by atoms with E-state index in [0.29, 0.717) is 35.3 Å². The van der Waals surface area contributed by atoms with E-state index in [-0.39, 0.29) is 11.1 Å². The van der Waals surface area contributed by atoms with Gasteiger partial charge in [-0.3, -0.25) is 5.10 Å². The van der Waals surface area contributed by atoms with Crippen LogP contribution in [0, 0.1) is 6.92 Å². The highest BCUT2D eigenvalue weighted by Gasteiger charge is 2.38. The molecule has 0 aliphatic heterocycles. The summed E-state index contributed by atoms with van der Waals surface area (Å²) < 4.78 is 18.0. The number of hydrogen-bond acceptors (Lipinski definition) is 5. The molecule has 0 saturated carbocycles. The average molecular weight is 482 g/mol. The molecule has 0 saturated heterocycles. The Labute approximate surface area is 203 Å². The van der Waals surface area contributed by atoms with Crippen LogP contribution in [0.25, 0.3) is 0 Å². The van der Waals surface area contributed by atoms with Crippen molar-refractivity contribution in [3.8, 4) is 11.6 Å². The number of aromatic amines is 1. The topological polar surface area (TPSA) is 76.7 Å². The van der Waals surface area contributed by atoms with Crippen molar-refractivity contribution >= 4 is 25.9 Å². The molecule has 34 heavy (non-hydrogen) atoms. The predicted molar refractivity (Wildman–Crippen MR) is 138 cm³/mol. The first kappa shape index (κ1) is 25.5. The second-order valence-electron chi connectivity index (χ2n) is 9.85. The molecular weight excluding hydrogens is 446 g/mol. The van der Waals surface area contributed by atoms with Gasteiger partial charge in [-0.1, -0.05) is 57.2 Å². The van der Waals surface area contributed by atoms with E-state index >= 15 is 0 Å². The van der Waals surface area contributed by atoms with E-state index in [1.54, 1.807) is 12.1 Å². The summed E-state index contributed by atoms with van der Waals surface area (Å²) in [7, 11) is -1.91. The minimum Gasteiger partial charge on any atom is -0.474 e. The van der Waals surface area contributed by atoms with Crippen molar-refractivity contribution in [3.63, 3.8) is 0 Å². The third-order valence-corrected chi connectivity index (χ3v) is 10.7. The second kappa shape index (κ2) is 10.4. The smallest absolute Gasteiger partial charge is 0.425 e. The summed E-state index contributed by atoms with van der Waals surface area (Å²) in [6.07, 6.45) is -0.640. The number of carbonyl (C=O) groups is 1. The highest BCUT2D eigenvalue weighted by atomic mass is 28.4. The molecule has 3 rings (SSSR count). The molecule has 0 radical (unpaired) electrons. The Balaban J connectivity index is 1.79. The maximum absolute atomic E-state index is 13.2. The standard InChI is InChI=1S/C26H35N3O4Si/c1-19(33-34(6,7)26(3,4)5)18-31-24-20(2)23(27-28-24)29(21-14-10-8-11-15-21)25(30)32-22-16-12-9-13-17-22/h8-17,19H,18H2,1-7H3,(H,27,28)/t19-/m0/s1. The van der Waals surface area contributed by atoms with Gasteiger partial charge in [0.2, 0.25) is 5.88 Å². The van der Waals surface area contributed by atoms with Crippen LogP contribution in [0.1, 0.15) is 33.3 Å². The number of benzene rings is 2. The fourth-order valence-corrected chi connectivity index (χ4v) is 4.61. The van der Waals surface area contributed by atoms with E-state index < -0.39 is 14.4 Å². The van der Waals surface area contributed by atoms with Crippen LogP contribution in [-0.2, 0) is 4.43 Å². The summed E-state index contributed by atoms with van der Waals surface area (Å²) in [5.41, 5.74) is 1.35. The summed E-state index contributed by atoms with van der Waals surface area (Å²) in [4.78, 5) is 14.6. The molecule has 1 N–H and O–H groups in total. The molecule has 1 heterocycles. The Hall–Kier alpha value is -3.10. The number of amides is 1. The van der Waals surface area contributed by atoms with Crippen molar-refractivity contribution in [3.05, 3.63) is 66.2 Å². The Bertz CT molecular complexity index is 1080. The third-order valence-electron chi connectivity index (χ3n) is 6.07. The Kier molecular flexibility index (Phi) is 7.84. The molecule has 0 bridgehead atoms. The lowest BCUT2D eigenvalue weighted by Gasteiger charge is -2.38. The van der Waals surface area contributed by atoms with Gasteiger partial charge in [0.15, 0.2) is 8.32 Å². The maximum atomic E-state index is 13.2. The second-order valence-corrected chi connectivity index (χ2v) is 14.6. The number of H-pyrrole nitrogens is 1. The molecule has 2 aromatic carbocycles. The third kappa shape index (κ3) is 6.06.